The first kappa shape index (κ1) is 10.8. The molecule has 0 aromatic carbocycles. The summed E-state index contributed by atoms with van der Waals surface area (Å²) in [4.78, 5) is 25.6. The number of phosphoric acid groups is 1. The average Bonchev–Trinajstić information content (AvgIpc) is 1.36. The second-order valence-electron chi connectivity index (χ2n) is 0.447. The Labute approximate surface area is 55.7 Å². The molecule has 0 saturated heterocycles. The quantitative estimate of drug-likeness (QED) is 0.361. The molecular formula is H2BiO5P. The third-order valence-electron chi connectivity index (χ3n) is 0. The standard InChI is InChI=1S/Bi.H3O4P.H2O.H/c;1-5(2,3)4;;/h;(H3,1,2,3,4);1H2;/q+4;;;/p-4. The summed E-state index contributed by atoms with van der Waals surface area (Å²) in [6.45, 7) is 0. The second-order valence-corrected chi connectivity index (χ2v) is 1.34. The van der Waals surface area contributed by atoms with Crippen LogP contribution >= 0.6 is 7.82 Å². The van der Waals surface area contributed by atoms with Crippen LogP contribution in [0.25, 0.3) is 0 Å². The fourth-order valence-corrected chi connectivity index (χ4v) is 0. The summed E-state index contributed by atoms with van der Waals surface area (Å²) in [6.07, 6.45) is 0. The Morgan fingerprint density at radius 3 is 1.29 bits per heavy atom. The van der Waals surface area contributed by atoms with Gasteiger partial charge in [0.25, 0.3) is 0 Å². The summed E-state index contributed by atoms with van der Waals surface area (Å²) < 4.78 is 15.7. The Morgan fingerprint density at radius 1 is 1.29 bits per heavy atom. The molecule has 0 aliphatic rings. The van der Waals surface area contributed by atoms with Crippen LogP contribution in [-0.2, 0) is 4.57 Å². The summed E-state index contributed by atoms with van der Waals surface area (Å²) in [6, 6.07) is 0. The Bertz CT molecular complexity index is 54.2. The molecule has 7 heavy (non-hydrogen) atoms. The van der Waals surface area contributed by atoms with Crippen LogP contribution in [0.3, 0.4) is 0 Å². The van der Waals surface area contributed by atoms with Gasteiger partial charge < -0.3 is 19.2 Å². The predicted octanol–water partition coefficient (Wildman–Crippen LogP) is -4.03. The Morgan fingerprint density at radius 2 is 1.29 bits per heavy atom. The van der Waals surface area contributed by atoms with Gasteiger partial charge in [0.05, 0.1) is 0 Å². The number of hydrogen-bond acceptors (Lipinski definition) is 5. The molecule has 7 heteroatoms. The van der Waals surface area contributed by atoms with E-state index in [0.717, 1.165) is 0 Å². The van der Waals surface area contributed by atoms with Crippen LogP contribution in [0.15, 0.2) is 0 Å². The SMILES string of the molecule is O=P([O-])([O-])[O-].[OH][BiH+3]. The minimum absolute atomic E-state index is 0.306. The van der Waals surface area contributed by atoms with Gasteiger partial charge in [-0.25, -0.2) is 0 Å². The molecule has 0 aliphatic carbocycles. The first-order valence-electron chi connectivity index (χ1n) is 0.954. The van der Waals surface area contributed by atoms with Gasteiger partial charge in [-0.1, -0.05) is 0 Å². The van der Waals surface area contributed by atoms with E-state index in [1.165, 1.54) is 0 Å². The van der Waals surface area contributed by atoms with E-state index in [4.69, 9.17) is 22.4 Å². The third kappa shape index (κ3) is 188. The zero-order chi connectivity index (χ0) is 6.50. The summed E-state index contributed by atoms with van der Waals surface area (Å²) in [5.74, 6) is 0. The van der Waals surface area contributed by atoms with Crippen LogP contribution in [-0.4, -0.2) is 28.3 Å². The molecule has 0 atom stereocenters. The molecule has 42 valence electrons. The first-order chi connectivity index (χ1) is 3.00. The molecule has 0 bridgehead atoms. The zero-order valence-corrected chi connectivity index (χ0v) is 7.81. The second kappa shape index (κ2) is 5.10. The van der Waals surface area contributed by atoms with Crippen molar-refractivity contribution in [2.45, 2.75) is 0 Å². The van der Waals surface area contributed by atoms with Crippen molar-refractivity contribution in [3.05, 3.63) is 0 Å². The van der Waals surface area contributed by atoms with E-state index >= 15 is 0 Å². The van der Waals surface area contributed by atoms with Gasteiger partial charge in [0, 0.05) is 0 Å². The maximum atomic E-state index is 8.55. The maximum absolute atomic E-state index is 8.55. The van der Waals surface area contributed by atoms with Gasteiger partial charge in [0.1, 0.15) is 0 Å². The molecule has 0 aliphatic heterocycles. The van der Waals surface area contributed by atoms with Gasteiger partial charge in [-0.2, -0.15) is 7.82 Å². The summed E-state index contributed by atoms with van der Waals surface area (Å²) in [5.41, 5.74) is 0. The van der Waals surface area contributed by atoms with Crippen molar-refractivity contribution in [1.82, 2.24) is 0 Å². The Balaban J connectivity index is 0. The monoisotopic (exact) mass is 322 g/mol. The molecule has 0 rings (SSSR count). The van der Waals surface area contributed by atoms with Crippen molar-refractivity contribution in [2.24, 2.45) is 0 Å². The van der Waals surface area contributed by atoms with Crippen LogP contribution in [0, 0.1) is 0 Å². The van der Waals surface area contributed by atoms with Crippen LogP contribution in [0.5, 0.6) is 0 Å². The molecular weight excluding hydrogens is 320 g/mol. The van der Waals surface area contributed by atoms with E-state index < -0.39 is 7.82 Å². The van der Waals surface area contributed by atoms with E-state index in [-0.39, 0.29) is 0 Å². The third-order valence-corrected chi connectivity index (χ3v) is 0. The molecule has 0 aromatic rings. The molecule has 0 radical (unpaired) electrons. The summed E-state index contributed by atoms with van der Waals surface area (Å²) in [5, 5.41) is 0. The van der Waals surface area contributed by atoms with E-state index in [0.29, 0.717) is 25.2 Å². The van der Waals surface area contributed by atoms with E-state index in [2.05, 4.69) is 0 Å². The zero-order valence-electron chi connectivity index (χ0n) is 3.03. The van der Waals surface area contributed by atoms with Crippen molar-refractivity contribution >= 4 is 33.0 Å². The van der Waals surface area contributed by atoms with E-state index in [9.17, 15) is 0 Å². The van der Waals surface area contributed by atoms with Crippen molar-refractivity contribution in [2.75, 3.05) is 0 Å². The van der Waals surface area contributed by atoms with Gasteiger partial charge in [-0.15, -0.1) is 0 Å². The fraction of sp³-hybridized carbons (Fsp3) is 0. The molecule has 0 unspecified atom stereocenters. The van der Waals surface area contributed by atoms with E-state index in [1.807, 2.05) is 0 Å². The van der Waals surface area contributed by atoms with Gasteiger partial charge in [0.2, 0.25) is 0 Å². The topological polar surface area (TPSA) is 106 Å². The molecule has 0 amide bonds. The van der Waals surface area contributed by atoms with Crippen LogP contribution in [0.2, 0.25) is 0 Å². The predicted molar refractivity (Wildman–Crippen MR) is 17.0 cm³/mol. The van der Waals surface area contributed by atoms with Crippen LogP contribution in [0.4, 0.5) is 0 Å². The van der Waals surface area contributed by atoms with Gasteiger partial charge in [-0.05, 0) is 0 Å². The average molecular weight is 322 g/mol. The number of rotatable bonds is 0. The Kier molecular flexibility index (Phi) is 7.90. The van der Waals surface area contributed by atoms with Crippen molar-refractivity contribution in [3.63, 3.8) is 0 Å². The van der Waals surface area contributed by atoms with Gasteiger partial charge in [0.15, 0.2) is 0 Å². The fourth-order valence-electron chi connectivity index (χ4n) is 0. The summed E-state index contributed by atoms with van der Waals surface area (Å²) in [7, 11) is -5.39. The van der Waals surface area contributed by atoms with Crippen molar-refractivity contribution < 1.29 is 22.4 Å². The van der Waals surface area contributed by atoms with Gasteiger partial charge >= 0.3 is 28.3 Å². The first-order valence-corrected chi connectivity index (χ1v) is 4.15. The molecule has 0 aromatic heterocycles. The molecule has 5 nitrogen and oxygen atoms in total. The Hall–Kier alpha value is 0.953. The molecule has 0 saturated carbocycles. The van der Waals surface area contributed by atoms with Crippen LogP contribution in [0.1, 0.15) is 0 Å². The normalized spacial score (nSPS) is 9.00. The van der Waals surface area contributed by atoms with Gasteiger partial charge in [-0.3, -0.25) is 0 Å². The van der Waals surface area contributed by atoms with Crippen molar-refractivity contribution in [1.29, 1.82) is 0 Å². The van der Waals surface area contributed by atoms with E-state index in [1.54, 1.807) is 0 Å². The van der Waals surface area contributed by atoms with Crippen LogP contribution < -0.4 is 14.7 Å². The van der Waals surface area contributed by atoms with Crippen molar-refractivity contribution in [3.8, 4) is 0 Å². The molecule has 1 N–H and O–H groups in total. The number of hydrogen-bond donors (Lipinski definition) is 1. The molecule has 0 fully saturated rings. The molecule has 0 heterocycles. The summed E-state index contributed by atoms with van der Waals surface area (Å²) >= 11 is 0.306. The minimum atomic E-state index is -5.39. The molecule has 0 spiro atoms.